The Labute approximate surface area is 135 Å². The molecule has 1 atom stereocenters. The lowest BCUT2D eigenvalue weighted by molar-refractivity contribution is 0.0434. The molecule has 4 heteroatoms. The summed E-state index contributed by atoms with van der Waals surface area (Å²) in [4.78, 5) is 14.9. The first kappa shape index (κ1) is 14.9. The monoisotopic (exact) mass is 314 g/mol. The first-order valence-corrected chi connectivity index (χ1v) is 7.78. The van der Waals surface area contributed by atoms with Crippen molar-refractivity contribution in [3.63, 3.8) is 0 Å². The van der Waals surface area contributed by atoms with E-state index in [-0.39, 0.29) is 11.9 Å². The van der Waals surface area contributed by atoms with Crippen molar-refractivity contribution in [1.29, 1.82) is 0 Å². The second-order valence-electron chi connectivity index (χ2n) is 6.02. The highest BCUT2D eigenvalue weighted by atomic mass is 35.5. The first-order chi connectivity index (χ1) is 10.4. The van der Waals surface area contributed by atoms with E-state index in [9.17, 15) is 4.79 Å². The minimum atomic E-state index is -0.607. The second-order valence-corrected chi connectivity index (χ2v) is 6.46. The molecule has 1 aliphatic heterocycles. The predicted molar refractivity (Wildman–Crippen MR) is 90.2 cm³/mol. The van der Waals surface area contributed by atoms with E-state index < -0.39 is 5.66 Å². The number of nitrogens with zero attached hydrogens (tertiary/aromatic N) is 1. The van der Waals surface area contributed by atoms with E-state index in [4.69, 9.17) is 11.6 Å². The van der Waals surface area contributed by atoms with Gasteiger partial charge in [-0.15, -0.1) is 0 Å². The highest BCUT2D eigenvalue weighted by Gasteiger charge is 2.43. The summed E-state index contributed by atoms with van der Waals surface area (Å²) in [6.07, 6.45) is 0. The van der Waals surface area contributed by atoms with Gasteiger partial charge in [0.05, 0.1) is 5.56 Å². The highest BCUT2D eigenvalue weighted by Crippen LogP contribution is 2.39. The minimum absolute atomic E-state index is 0.0433. The fourth-order valence-electron chi connectivity index (χ4n) is 3.17. The zero-order valence-corrected chi connectivity index (χ0v) is 13.7. The number of halogens is 1. The van der Waals surface area contributed by atoms with Gasteiger partial charge in [-0.05, 0) is 50.6 Å². The Morgan fingerprint density at radius 3 is 2.36 bits per heavy atom. The van der Waals surface area contributed by atoms with Gasteiger partial charge in [0.15, 0.2) is 0 Å². The van der Waals surface area contributed by atoms with Crippen LogP contribution in [-0.2, 0) is 5.66 Å². The van der Waals surface area contributed by atoms with E-state index in [1.807, 2.05) is 74.2 Å². The molecule has 1 N–H and O–H groups in total. The summed E-state index contributed by atoms with van der Waals surface area (Å²) in [6.45, 7) is 6.09. The van der Waals surface area contributed by atoms with Crippen LogP contribution in [0.5, 0.6) is 0 Å². The fraction of sp³-hybridized carbons (Fsp3) is 0.278. The van der Waals surface area contributed by atoms with E-state index in [1.165, 1.54) is 0 Å². The molecule has 0 saturated carbocycles. The van der Waals surface area contributed by atoms with E-state index >= 15 is 0 Å². The second kappa shape index (κ2) is 5.33. The van der Waals surface area contributed by atoms with Crippen LogP contribution in [0, 0.1) is 0 Å². The number of anilines is 1. The zero-order chi connectivity index (χ0) is 15.9. The molecule has 114 valence electrons. The Balaban J connectivity index is 2.16. The molecule has 1 unspecified atom stereocenters. The molecular weight excluding hydrogens is 296 g/mol. The molecule has 0 saturated heterocycles. The number of hydrogen-bond donors (Lipinski definition) is 1. The van der Waals surface area contributed by atoms with Crippen LogP contribution < -0.4 is 5.32 Å². The van der Waals surface area contributed by atoms with E-state index in [1.54, 1.807) is 0 Å². The molecule has 0 spiro atoms. The van der Waals surface area contributed by atoms with Gasteiger partial charge in [0, 0.05) is 16.8 Å². The predicted octanol–water partition coefficient (Wildman–Crippen LogP) is 4.49. The van der Waals surface area contributed by atoms with Crippen LogP contribution in [0.15, 0.2) is 48.5 Å². The number of para-hydroxylation sites is 1. The number of hydrogen-bond acceptors (Lipinski definition) is 2. The lowest BCUT2D eigenvalue weighted by Gasteiger charge is -2.48. The third kappa shape index (κ3) is 2.26. The van der Waals surface area contributed by atoms with Gasteiger partial charge in [0.1, 0.15) is 5.66 Å². The largest absolute Gasteiger partial charge is 0.358 e. The summed E-state index contributed by atoms with van der Waals surface area (Å²) in [7, 11) is 0. The molecule has 2 aromatic rings. The van der Waals surface area contributed by atoms with Gasteiger partial charge in [0.25, 0.3) is 5.91 Å². The van der Waals surface area contributed by atoms with Gasteiger partial charge in [-0.1, -0.05) is 35.9 Å². The van der Waals surface area contributed by atoms with Crippen LogP contribution in [0.1, 0.15) is 36.7 Å². The maximum absolute atomic E-state index is 13.0. The molecule has 3 rings (SSSR count). The summed E-state index contributed by atoms with van der Waals surface area (Å²) in [5.41, 5.74) is 1.97. The van der Waals surface area contributed by atoms with Crippen LogP contribution in [0.4, 0.5) is 5.69 Å². The maximum atomic E-state index is 13.0. The van der Waals surface area contributed by atoms with Crippen molar-refractivity contribution in [3.05, 3.63) is 64.7 Å². The van der Waals surface area contributed by atoms with Crippen molar-refractivity contribution < 1.29 is 4.79 Å². The topological polar surface area (TPSA) is 32.3 Å². The number of carbonyl (C=O) groups excluding carboxylic acids is 1. The van der Waals surface area contributed by atoms with Gasteiger partial charge in [-0.3, -0.25) is 4.79 Å². The Bertz CT molecular complexity index is 711. The molecule has 1 amide bonds. The van der Waals surface area contributed by atoms with E-state index in [2.05, 4.69) is 5.32 Å². The normalized spacial score (nSPS) is 20.8. The Hall–Kier alpha value is -2.00. The van der Waals surface area contributed by atoms with Gasteiger partial charge in [-0.25, -0.2) is 0 Å². The fourth-order valence-corrected chi connectivity index (χ4v) is 3.30. The summed E-state index contributed by atoms with van der Waals surface area (Å²) in [5.74, 6) is 0.0433. The SMILES string of the molecule is CC(C)N1C(=O)c2ccccc2NC1(C)c1ccc(Cl)cc1. The highest BCUT2D eigenvalue weighted by molar-refractivity contribution is 6.30. The number of rotatable bonds is 2. The molecule has 3 nitrogen and oxygen atoms in total. The molecule has 1 aliphatic rings. The molecule has 0 aromatic heterocycles. The Morgan fingerprint density at radius 2 is 1.73 bits per heavy atom. The molecule has 0 bridgehead atoms. The summed E-state index contributed by atoms with van der Waals surface area (Å²) < 4.78 is 0. The van der Waals surface area contributed by atoms with Crippen LogP contribution >= 0.6 is 11.6 Å². The van der Waals surface area contributed by atoms with Crippen molar-refractivity contribution in [2.45, 2.75) is 32.5 Å². The van der Waals surface area contributed by atoms with Gasteiger partial charge in [0.2, 0.25) is 0 Å². The lowest BCUT2D eigenvalue weighted by atomic mass is 9.92. The number of nitrogens with one attached hydrogen (secondary N) is 1. The standard InChI is InChI=1S/C18H19ClN2O/c1-12(2)21-17(22)15-6-4-5-7-16(15)20-18(21,3)13-8-10-14(19)11-9-13/h4-12,20H,1-3H3. The molecule has 0 aliphatic carbocycles. The average molecular weight is 315 g/mol. The summed E-state index contributed by atoms with van der Waals surface area (Å²) >= 11 is 6.00. The summed E-state index contributed by atoms with van der Waals surface area (Å²) in [5, 5.41) is 4.22. The van der Waals surface area contributed by atoms with Crippen molar-refractivity contribution in [3.8, 4) is 0 Å². The Kier molecular flexibility index (Phi) is 3.61. The zero-order valence-electron chi connectivity index (χ0n) is 12.9. The van der Waals surface area contributed by atoms with Crippen LogP contribution in [0.3, 0.4) is 0 Å². The van der Waals surface area contributed by atoms with Gasteiger partial charge in [-0.2, -0.15) is 0 Å². The number of carbonyl (C=O) groups is 1. The number of fused-ring (bicyclic) bond motifs is 1. The molecule has 2 aromatic carbocycles. The third-order valence-corrected chi connectivity index (χ3v) is 4.41. The van der Waals surface area contributed by atoms with Crippen LogP contribution in [0.25, 0.3) is 0 Å². The van der Waals surface area contributed by atoms with Crippen molar-refractivity contribution in [2.75, 3.05) is 5.32 Å². The summed E-state index contributed by atoms with van der Waals surface area (Å²) in [6, 6.07) is 15.3. The van der Waals surface area contributed by atoms with E-state index in [0.29, 0.717) is 10.6 Å². The maximum Gasteiger partial charge on any atom is 0.258 e. The average Bonchev–Trinajstić information content (AvgIpc) is 2.47. The van der Waals surface area contributed by atoms with Crippen LogP contribution in [0.2, 0.25) is 5.02 Å². The smallest absolute Gasteiger partial charge is 0.258 e. The number of benzene rings is 2. The van der Waals surface area contributed by atoms with Gasteiger partial charge < -0.3 is 10.2 Å². The van der Waals surface area contributed by atoms with Crippen LogP contribution in [-0.4, -0.2) is 16.8 Å². The molecular formula is C18H19ClN2O. The molecule has 22 heavy (non-hydrogen) atoms. The lowest BCUT2D eigenvalue weighted by Crippen LogP contribution is -2.58. The Morgan fingerprint density at radius 1 is 1.09 bits per heavy atom. The molecule has 0 radical (unpaired) electrons. The minimum Gasteiger partial charge on any atom is -0.358 e. The molecule has 0 fully saturated rings. The third-order valence-electron chi connectivity index (χ3n) is 4.16. The van der Waals surface area contributed by atoms with Crippen molar-refractivity contribution >= 4 is 23.2 Å². The van der Waals surface area contributed by atoms with E-state index in [0.717, 1.165) is 11.3 Å². The van der Waals surface area contributed by atoms with Crippen molar-refractivity contribution in [2.24, 2.45) is 0 Å². The quantitative estimate of drug-likeness (QED) is 0.885. The molecule has 1 heterocycles. The van der Waals surface area contributed by atoms with Gasteiger partial charge >= 0.3 is 0 Å². The number of amides is 1. The first-order valence-electron chi connectivity index (χ1n) is 7.40. The van der Waals surface area contributed by atoms with Crippen molar-refractivity contribution in [1.82, 2.24) is 4.90 Å².